The molecule has 0 saturated carbocycles. The number of hydrogen-bond acceptors (Lipinski definition) is 3. The van der Waals surface area contributed by atoms with Crippen LogP contribution in [-0.2, 0) is 0 Å². The molecule has 114 valence electrons. The topological polar surface area (TPSA) is 46.2 Å². The van der Waals surface area contributed by atoms with E-state index < -0.39 is 0 Å². The lowest BCUT2D eigenvalue weighted by molar-refractivity contribution is 0.0916. The Balaban J connectivity index is 2.22. The average Bonchev–Trinajstić information content (AvgIpc) is 2.47. The van der Waals surface area contributed by atoms with Crippen LogP contribution in [0.15, 0.2) is 59.5 Å². The van der Waals surface area contributed by atoms with Crippen LogP contribution in [0.2, 0.25) is 0 Å². The summed E-state index contributed by atoms with van der Waals surface area (Å²) in [4.78, 5) is 25.3. The van der Waals surface area contributed by atoms with Crippen molar-refractivity contribution in [3.05, 3.63) is 65.7 Å². The Morgan fingerprint density at radius 2 is 1.50 bits per heavy atom. The predicted octanol–water partition coefficient (Wildman–Crippen LogP) is 4.15. The molecule has 3 nitrogen and oxygen atoms in total. The van der Waals surface area contributed by atoms with E-state index in [1.54, 1.807) is 30.3 Å². The summed E-state index contributed by atoms with van der Waals surface area (Å²) in [5.41, 5.74) is 0.823. The Hall–Kier alpha value is -2.07. The lowest BCUT2D eigenvalue weighted by atomic mass is 10.1. The summed E-state index contributed by atoms with van der Waals surface area (Å²) in [5, 5.41) is 2.85. The molecule has 2 aromatic rings. The van der Waals surface area contributed by atoms with Gasteiger partial charge in [-0.1, -0.05) is 42.5 Å². The second-order valence-corrected chi connectivity index (χ2v) is 6.97. The van der Waals surface area contributed by atoms with Crippen molar-refractivity contribution in [3.8, 4) is 0 Å². The lowest BCUT2D eigenvalue weighted by Gasteiger charge is -2.21. The quantitative estimate of drug-likeness (QED) is 0.866. The van der Waals surface area contributed by atoms with Crippen molar-refractivity contribution in [2.75, 3.05) is 0 Å². The SMILES string of the molecule is CC(C)(C)NC(=O)c1ccccc1SC(=O)c1ccccc1. The number of carbonyl (C=O) groups is 2. The van der Waals surface area contributed by atoms with Crippen LogP contribution in [0.5, 0.6) is 0 Å². The fourth-order valence-electron chi connectivity index (χ4n) is 1.88. The predicted molar refractivity (Wildman–Crippen MR) is 90.3 cm³/mol. The molecule has 0 radical (unpaired) electrons. The minimum atomic E-state index is -0.321. The van der Waals surface area contributed by atoms with E-state index >= 15 is 0 Å². The zero-order valence-electron chi connectivity index (χ0n) is 12.9. The molecule has 0 bridgehead atoms. The van der Waals surface area contributed by atoms with Crippen LogP contribution < -0.4 is 5.32 Å². The third-order valence-corrected chi connectivity index (χ3v) is 3.83. The molecule has 1 N–H and O–H groups in total. The van der Waals surface area contributed by atoms with E-state index in [1.165, 1.54) is 0 Å². The summed E-state index contributed by atoms with van der Waals surface area (Å²) < 4.78 is 0. The molecule has 0 atom stereocenters. The number of hydrogen-bond donors (Lipinski definition) is 1. The van der Waals surface area contributed by atoms with Gasteiger partial charge in [0.2, 0.25) is 5.12 Å². The van der Waals surface area contributed by atoms with Crippen LogP contribution >= 0.6 is 11.8 Å². The molecule has 0 unspecified atom stereocenters. The summed E-state index contributed by atoms with van der Waals surface area (Å²) in [7, 11) is 0. The Morgan fingerprint density at radius 1 is 0.909 bits per heavy atom. The highest BCUT2D eigenvalue weighted by atomic mass is 32.2. The van der Waals surface area contributed by atoms with Gasteiger partial charge in [-0.2, -0.15) is 0 Å². The van der Waals surface area contributed by atoms with Gasteiger partial charge in [0.1, 0.15) is 0 Å². The van der Waals surface area contributed by atoms with Crippen molar-refractivity contribution in [1.82, 2.24) is 5.32 Å². The number of rotatable bonds is 3. The normalized spacial score (nSPS) is 11.0. The van der Waals surface area contributed by atoms with Crippen LogP contribution in [0.1, 0.15) is 41.5 Å². The molecule has 0 aliphatic heterocycles. The molecule has 2 aromatic carbocycles. The number of thioether (sulfide) groups is 1. The summed E-state index contributed by atoms with van der Waals surface area (Å²) in [6.07, 6.45) is 0. The standard InChI is InChI=1S/C18H19NO2S/c1-18(2,3)19-16(20)14-11-7-8-12-15(14)22-17(21)13-9-5-4-6-10-13/h4-12H,1-3H3,(H,19,20). The van der Waals surface area contributed by atoms with Crippen LogP contribution in [-0.4, -0.2) is 16.6 Å². The highest BCUT2D eigenvalue weighted by Crippen LogP contribution is 2.26. The number of carbonyl (C=O) groups excluding carboxylic acids is 2. The summed E-state index contributed by atoms with van der Waals surface area (Å²) in [5.74, 6) is -0.170. The summed E-state index contributed by atoms with van der Waals surface area (Å²) in [6, 6.07) is 16.2. The third-order valence-electron chi connectivity index (χ3n) is 2.83. The van der Waals surface area contributed by atoms with Crippen LogP contribution in [0.3, 0.4) is 0 Å². The molecule has 0 fully saturated rings. The number of amides is 1. The van der Waals surface area contributed by atoms with E-state index in [0.29, 0.717) is 16.0 Å². The molecule has 0 heterocycles. The zero-order valence-corrected chi connectivity index (χ0v) is 13.7. The van der Waals surface area contributed by atoms with Crippen LogP contribution in [0.25, 0.3) is 0 Å². The maximum absolute atomic E-state index is 12.4. The molecule has 0 aliphatic carbocycles. The molecule has 2 rings (SSSR count). The van der Waals surface area contributed by atoms with Gasteiger partial charge in [-0.25, -0.2) is 0 Å². The Morgan fingerprint density at radius 3 is 2.14 bits per heavy atom. The molecule has 0 aliphatic rings. The molecule has 0 spiro atoms. The highest BCUT2D eigenvalue weighted by molar-refractivity contribution is 8.14. The lowest BCUT2D eigenvalue weighted by Crippen LogP contribution is -2.40. The van der Waals surface area contributed by atoms with Gasteiger partial charge in [0.25, 0.3) is 5.91 Å². The molecular formula is C18H19NO2S. The second kappa shape index (κ2) is 6.79. The maximum atomic E-state index is 12.4. The molecule has 22 heavy (non-hydrogen) atoms. The highest BCUT2D eigenvalue weighted by Gasteiger charge is 2.19. The number of nitrogens with one attached hydrogen (secondary N) is 1. The molecule has 0 aromatic heterocycles. The molecule has 1 amide bonds. The van der Waals surface area contributed by atoms with Crippen LogP contribution in [0, 0.1) is 0 Å². The Labute approximate surface area is 135 Å². The van der Waals surface area contributed by atoms with Gasteiger partial charge in [0, 0.05) is 16.0 Å². The first kappa shape index (κ1) is 16.3. The average molecular weight is 313 g/mol. The second-order valence-electron chi connectivity index (χ2n) is 5.96. The first-order valence-electron chi connectivity index (χ1n) is 7.05. The van der Waals surface area contributed by atoms with E-state index in [-0.39, 0.29) is 16.6 Å². The van der Waals surface area contributed by atoms with Gasteiger partial charge in [-0.05, 0) is 44.7 Å². The molecular weight excluding hydrogens is 294 g/mol. The Bertz CT molecular complexity index is 675. The first-order valence-corrected chi connectivity index (χ1v) is 7.87. The largest absolute Gasteiger partial charge is 0.347 e. The van der Waals surface area contributed by atoms with Gasteiger partial charge in [-0.15, -0.1) is 0 Å². The molecule has 4 heteroatoms. The maximum Gasteiger partial charge on any atom is 0.252 e. The Kier molecular flexibility index (Phi) is 5.03. The van der Waals surface area contributed by atoms with E-state index in [4.69, 9.17) is 0 Å². The van der Waals surface area contributed by atoms with E-state index in [2.05, 4.69) is 5.32 Å². The zero-order chi connectivity index (χ0) is 16.2. The third kappa shape index (κ3) is 4.46. The van der Waals surface area contributed by atoms with E-state index in [0.717, 1.165) is 11.8 Å². The monoisotopic (exact) mass is 313 g/mol. The van der Waals surface area contributed by atoms with Crippen LogP contribution in [0.4, 0.5) is 0 Å². The van der Waals surface area contributed by atoms with E-state index in [1.807, 2.05) is 45.0 Å². The van der Waals surface area contributed by atoms with Gasteiger partial charge >= 0.3 is 0 Å². The fourth-order valence-corrected chi connectivity index (χ4v) is 2.76. The fraction of sp³-hybridized carbons (Fsp3) is 0.222. The smallest absolute Gasteiger partial charge is 0.252 e. The van der Waals surface area contributed by atoms with Gasteiger partial charge in [-0.3, -0.25) is 9.59 Å². The van der Waals surface area contributed by atoms with Gasteiger partial charge in [0.05, 0.1) is 5.56 Å². The van der Waals surface area contributed by atoms with Gasteiger partial charge < -0.3 is 5.32 Å². The van der Waals surface area contributed by atoms with Gasteiger partial charge in [0.15, 0.2) is 0 Å². The minimum Gasteiger partial charge on any atom is -0.347 e. The van der Waals surface area contributed by atoms with Crippen molar-refractivity contribution < 1.29 is 9.59 Å². The summed E-state index contributed by atoms with van der Waals surface area (Å²) >= 11 is 1.08. The molecule has 0 saturated heterocycles. The van der Waals surface area contributed by atoms with Crippen molar-refractivity contribution in [3.63, 3.8) is 0 Å². The minimum absolute atomic E-state index is 0.0726. The van der Waals surface area contributed by atoms with E-state index in [9.17, 15) is 9.59 Å². The first-order chi connectivity index (χ1) is 10.4. The summed E-state index contributed by atoms with van der Waals surface area (Å²) in [6.45, 7) is 5.78. The van der Waals surface area contributed by atoms with Crippen molar-refractivity contribution in [1.29, 1.82) is 0 Å². The van der Waals surface area contributed by atoms with Crippen molar-refractivity contribution in [2.24, 2.45) is 0 Å². The number of benzene rings is 2. The van der Waals surface area contributed by atoms with Crippen molar-refractivity contribution in [2.45, 2.75) is 31.2 Å². The van der Waals surface area contributed by atoms with Crippen molar-refractivity contribution >= 4 is 22.8 Å².